The zero-order chi connectivity index (χ0) is 13.9. The van der Waals surface area contributed by atoms with Crippen LogP contribution in [0.4, 0.5) is 5.69 Å². The van der Waals surface area contributed by atoms with Gasteiger partial charge in [0.1, 0.15) is 11.8 Å². The van der Waals surface area contributed by atoms with Crippen molar-refractivity contribution < 1.29 is 4.74 Å². The third-order valence-electron chi connectivity index (χ3n) is 2.78. The molecule has 3 rings (SSSR count). The highest BCUT2D eigenvalue weighted by molar-refractivity contribution is 8.02. The summed E-state index contributed by atoms with van der Waals surface area (Å²) in [5, 5.41) is 11.9. The summed E-state index contributed by atoms with van der Waals surface area (Å²) in [4.78, 5) is 7.32. The SMILES string of the molecule is COc1cc(NSc2nccs2)c2[nH]cc(C#N)c2c1. The number of anilines is 1. The quantitative estimate of drug-likeness (QED) is 0.720. The molecular formula is C13H10N4OS2. The number of aromatic nitrogens is 2. The molecule has 100 valence electrons. The Morgan fingerprint density at radius 3 is 3.10 bits per heavy atom. The Balaban J connectivity index is 2.00. The van der Waals surface area contributed by atoms with E-state index in [2.05, 4.69) is 20.8 Å². The molecule has 1 aromatic carbocycles. The normalized spacial score (nSPS) is 10.4. The zero-order valence-electron chi connectivity index (χ0n) is 10.5. The minimum atomic E-state index is 0.598. The summed E-state index contributed by atoms with van der Waals surface area (Å²) in [5.41, 5.74) is 2.34. The topological polar surface area (TPSA) is 73.7 Å². The Morgan fingerprint density at radius 2 is 2.40 bits per heavy atom. The van der Waals surface area contributed by atoms with Gasteiger partial charge in [-0.15, -0.1) is 11.3 Å². The second kappa shape index (κ2) is 5.45. The number of hydrogen-bond donors (Lipinski definition) is 2. The molecule has 5 nitrogen and oxygen atoms in total. The predicted molar refractivity (Wildman–Crippen MR) is 81.2 cm³/mol. The molecule has 0 aliphatic rings. The molecule has 0 saturated carbocycles. The molecule has 0 fully saturated rings. The molecule has 0 aliphatic carbocycles. The Bertz CT molecular complexity index is 774. The molecule has 0 amide bonds. The molecule has 0 radical (unpaired) electrons. The molecule has 0 saturated heterocycles. The fraction of sp³-hybridized carbons (Fsp3) is 0.0769. The zero-order valence-corrected chi connectivity index (χ0v) is 12.1. The van der Waals surface area contributed by atoms with Crippen molar-refractivity contribution in [2.24, 2.45) is 0 Å². The van der Waals surface area contributed by atoms with Crippen molar-refractivity contribution in [3.63, 3.8) is 0 Å². The molecule has 0 spiro atoms. The van der Waals surface area contributed by atoms with E-state index in [4.69, 9.17) is 10.00 Å². The summed E-state index contributed by atoms with van der Waals surface area (Å²) in [6.07, 6.45) is 3.46. The van der Waals surface area contributed by atoms with Gasteiger partial charge < -0.3 is 14.4 Å². The standard InChI is InChI=1S/C13H10N4OS2/c1-18-9-4-10-8(6-14)7-16-12(10)11(5-9)17-20-13-15-2-3-19-13/h2-5,7,16-17H,1H3. The molecule has 0 aliphatic heterocycles. The van der Waals surface area contributed by atoms with Crippen molar-refractivity contribution in [2.75, 3.05) is 11.8 Å². The number of ether oxygens (including phenoxy) is 1. The van der Waals surface area contributed by atoms with Crippen molar-refractivity contribution in [2.45, 2.75) is 4.34 Å². The van der Waals surface area contributed by atoms with Crippen LogP contribution in [0.2, 0.25) is 0 Å². The van der Waals surface area contributed by atoms with Gasteiger partial charge in [-0.2, -0.15) is 5.26 Å². The number of nitriles is 1. The van der Waals surface area contributed by atoms with Crippen LogP contribution in [0.25, 0.3) is 10.9 Å². The van der Waals surface area contributed by atoms with Crippen LogP contribution in [-0.2, 0) is 0 Å². The number of thiazole rings is 1. The first-order valence-corrected chi connectivity index (χ1v) is 7.43. The number of hydrogen-bond acceptors (Lipinski definition) is 6. The van der Waals surface area contributed by atoms with Crippen LogP contribution in [0.5, 0.6) is 5.75 Å². The maximum Gasteiger partial charge on any atom is 0.170 e. The fourth-order valence-electron chi connectivity index (χ4n) is 1.86. The number of nitrogens with zero attached hydrogens (tertiary/aromatic N) is 2. The highest BCUT2D eigenvalue weighted by Gasteiger charge is 2.11. The average Bonchev–Trinajstić information content (AvgIpc) is 3.13. The van der Waals surface area contributed by atoms with Gasteiger partial charge in [0.15, 0.2) is 4.34 Å². The van der Waals surface area contributed by atoms with E-state index in [1.54, 1.807) is 30.8 Å². The van der Waals surface area contributed by atoms with Gasteiger partial charge in [0.25, 0.3) is 0 Å². The Kier molecular flexibility index (Phi) is 3.50. The van der Waals surface area contributed by atoms with Crippen molar-refractivity contribution in [1.29, 1.82) is 5.26 Å². The fourth-order valence-corrected chi connectivity index (χ4v) is 3.17. The summed E-state index contributed by atoms with van der Waals surface area (Å²) in [6.45, 7) is 0. The molecule has 20 heavy (non-hydrogen) atoms. The molecule has 7 heteroatoms. The molecule has 0 unspecified atom stereocenters. The van der Waals surface area contributed by atoms with Crippen LogP contribution in [0.15, 0.2) is 34.2 Å². The maximum atomic E-state index is 9.11. The van der Waals surface area contributed by atoms with Crippen LogP contribution in [-0.4, -0.2) is 17.1 Å². The monoisotopic (exact) mass is 302 g/mol. The molecule has 3 aromatic rings. The second-order valence-electron chi connectivity index (χ2n) is 3.91. The van der Waals surface area contributed by atoms with Gasteiger partial charge in [0.2, 0.25) is 0 Å². The van der Waals surface area contributed by atoms with Crippen LogP contribution in [0.1, 0.15) is 5.56 Å². The van der Waals surface area contributed by atoms with E-state index in [0.29, 0.717) is 11.3 Å². The first-order chi connectivity index (χ1) is 9.81. The summed E-state index contributed by atoms with van der Waals surface area (Å²) < 4.78 is 9.45. The highest BCUT2D eigenvalue weighted by Crippen LogP contribution is 2.33. The Morgan fingerprint density at radius 1 is 1.50 bits per heavy atom. The van der Waals surface area contributed by atoms with Crippen molar-refractivity contribution in [1.82, 2.24) is 9.97 Å². The lowest BCUT2D eigenvalue weighted by Crippen LogP contribution is -1.90. The van der Waals surface area contributed by atoms with Gasteiger partial charge in [-0.1, -0.05) is 0 Å². The smallest absolute Gasteiger partial charge is 0.170 e. The van der Waals surface area contributed by atoms with Gasteiger partial charge in [-0.25, -0.2) is 4.98 Å². The largest absolute Gasteiger partial charge is 0.497 e. The van der Waals surface area contributed by atoms with Gasteiger partial charge in [0.05, 0.1) is 23.9 Å². The van der Waals surface area contributed by atoms with Crippen LogP contribution in [0, 0.1) is 11.3 Å². The van der Waals surface area contributed by atoms with Crippen LogP contribution >= 0.6 is 23.3 Å². The van der Waals surface area contributed by atoms with E-state index in [9.17, 15) is 0 Å². The van der Waals surface area contributed by atoms with E-state index in [0.717, 1.165) is 20.9 Å². The summed E-state index contributed by atoms with van der Waals surface area (Å²) in [5.74, 6) is 0.704. The van der Waals surface area contributed by atoms with Crippen LogP contribution in [0.3, 0.4) is 0 Å². The minimum absolute atomic E-state index is 0.598. The lowest BCUT2D eigenvalue weighted by molar-refractivity contribution is 0.415. The van der Waals surface area contributed by atoms with Gasteiger partial charge in [-0.05, 0) is 6.07 Å². The summed E-state index contributed by atoms with van der Waals surface area (Å²) in [7, 11) is 1.61. The number of H-pyrrole nitrogens is 1. The number of nitrogens with one attached hydrogen (secondary N) is 2. The van der Waals surface area contributed by atoms with Crippen molar-refractivity contribution in [3.8, 4) is 11.8 Å². The van der Waals surface area contributed by atoms with E-state index in [1.165, 1.54) is 11.9 Å². The maximum absolute atomic E-state index is 9.11. The van der Waals surface area contributed by atoms with E-state index in [-0.39, 0.29) is 0 Å². The lowest BCUT2D eigenvalue weighted by atomic mass is 10.1. The molecule has 0 bridgehead atoms. The predicted octanol–water partition coefficient (Wildman–Crippen LogP) is 3.62. The van der Waals surface area contributed by atoms with E-state index < -0.39 is 0 Å². The third-order valence-corrected chi connectivity index (χ3v) is 4.48. The van der Waals surface area contributed by atoms with Crippen molar-refractivity contribution >= 4 is 39.9 Å². The first kappa shape index (κ1) is 12.8. The minimum Gasteiger partial charge on any atom is -0.497 e. The number of benzene rings is 1. The third kappa shape index (κ3) is 2.31. The Hall–Kier alpha value is -2.17. The second-order valence-corrected chi connectivity index (χ2v) is 5.86. The molecule has 0 atom stereocenters. The number of methoxy groups -OCH3 is 1. The number of fused-ring (bicyclic) bond motifs is 1. The van der Waals surface area contributed by atoms with E-state index in [1.807, 2.05) is 17.5 Å². The van der Waals surface area contributed by atoms with E-state index >= 15 is 0 Å². The molecule has 2 N–H and O–H groups in total. The lowest BCUT2D eigenvalue weighted by Gasteiger charge is -2.08. The summed E-state index contributed by atoms with van der Waals surface area (Å²) >= 11 is 2.99. The summed E-state index contributed by atoms with van der Waals surface area (Å²) in [6, 6.07) is 5.91. The molecule has 2 aromatic heterocycles. The molecular weight excluding hydrogens is 292 g/mol. The highest BCUT2D eigenvalue weighted by atomic mass is 32.2. The number of aromatic amines is 1. The average molecular weight is 302 g/mol. The number of rotatable bonds is 4. The van der Waals surface area contributed by atoms with Gasteiger partial charge >= 0.3 is 0 Å². The van der Waals surface area contributed by atoms with Gasteiger partial charge in [0, 0.05) is 41.2 Å². The van der Waals surface area contributed by atoms with Gasteiger partial charge in [-0.3, -0.25) is 0 Å². The first-order valence-electron chi connectivity index (χ1n) is 5.73. The van der Waals surface area contributed by atoms with Crippen molar-refractivity contribution in [3.05, 3.63) is 35.5 Å². The van der Waals surface area contributed by atoms with Crippen LogP contribution < -0.4 is 9.46 Å². The Labute approximate surface area is 123 Å². The molecule has 2 heterocycles.